The fourth-order valence-corrected chi connectivity index (χ4v) is 5.51. The Morgan fingerprint density at radius 2 is 1.97 bits per heavy atom. The number of benzene rings is 1. The molecule has 182 valence electrons. The second-order valence-electron chi connectivity index (χ2n) is 8.26. The second-order valence-corrected chi connectivity index (χ2v) is 10.0. The number of nitrogens with zero attached hydrogens (tertiary/aromatic N) is 5. The monoisotopic (exact) mass is 513 g/mol. The number of hydrogen-bond acceptors (Lipinski definition) is 10. The first kappa shape index (κ1) is 23.3. The van der Waals surface area contributed by atoms with E-state index in [1.807, 2.05) is 0 Å². The predicted molar refractivity (Wildman–Crippen MR) is 120 cm³/mol. The Kier molecular flexibility index (Phi) is 5.69. The highest BCUT2D eigenvalue weighted by Crippen LogP contribution is 2.59. The van der Waals surface area contributed by atoms with Gasteiger partial charge in [-0.05, 0) is 19.1 Å². The molecule has 34 heavy (non-hydrogen) atoms. The molecule has 0 unspecified atom stereocenters. The van der Waals surface area contributed by atoms with Crippen molar-refractivity contribution in [3.8, 4) is 11.5 Å². The van der Waals surface area contributed by atoms with Crippen molar-refractivity contribution in [3.63, 3.8) is 0 Å². The van der Waals surface area contributed by atoms with Gasteiger partial charge in [0.25, 0.3) is 0 Å². The third-order valence-electron chi connectivity index (χ3n) is 5.64. The first-order chi connectivity index (χ1) is 16.2. The fourth-order valence-electron chi connectivity index (χ4n) is 3.91. The van der Waals surface area contributed by atoms with Crippen molar-refractivity contribution in [3.05, 3.63) is 36.4 Å². The quantitative estimate of drug-likeness (QED) is 0.389. The molecule has 0 radical (unpaired) electrons. The number of anilines is 1. The van der Waals surface area contributed by atoms with Gasteiger partial charge < -0.3 is 23.8 Å². The van der Waals surface area contributed by atoms with Crippen LogP contribution >= 0.6 is 19.4 Å². The molecule has 4 heterocycles. The van der Waals surface area contributed by atoms with Crippen LogP contribution in [0, 0.1) is 6.92 Å². The van der Waals surface area contributed by atoms with Gasteiger partial charge in [0, 0.05) is 14.1 Å². The third-order valence-corrected chi connectivity index (χ3v) is 7.38. The van der Waals surface area contributed by atoms with Crippen molar-refractivity contribution < 1.29 is 32.4 Å². The highest BCUT2D eigenvalue weighted by Gasteiger charge is 2.57. The number of aryl methyl sites for hydroxylation is 1. The maximum absolute atomic E-state index is 15.4. The third kappa shape index (κ3) is 3.70. The number of rotatable bonds is 6. The molecular weight excluding hydrogens is 492 g/mol. The molecule has 2 aliphatic rings. The summed E-state index contributed by atoms with van der Waals surface area (Å²) in [7, 11) is -0.461. The maximum Gasteiger partial charge on any atom is 0.587 e. The molecule has 0 spiro atoms. The zero-order valence-electron chi connectivity index (χ0n) is 18.5. The summed E-state index contributed by atoms with van der Waals surface area (Å²) in [6.45, 7) is 1.15. The minimum Gasteiger partial charge on any atom is -0.391 e. The van der Waals surface area contributed by atoms with Crippen LogP contribution in [0.5, 0.6) is 11.5 Å². The molecule has 2 aromatic heterocycles. The summed E-state index contributed by atoms with van der Waals surface area (Å²) in [6.07, 6.45) is -3.58. The number of alkyl halides is 2. The number of halogens is 2. The van der Waals surface area contributed by atoms with Crippen molar-refractivity contribution >= 4 is 36.4 Å². The zero-order valence-corrected chi connectivity index (χ0v) is 20.1. The topological polar surface area (TPSA) is 121 Å². The van der Waals surface area contributed by atoms with E-state index in [0.29, 0.717) is 22.8 Å². The molecule has 1 saturated heterocycles. The van der Waals surface area contributed by atoms with E-state index >= 15 is 4.39 Å². The lowest BCUT2D eigenvalue weighted by Crippen LogP contribution is -2.47. The second kappa shape index (κ2) is 8.31. The summed E-state index contributed by atoms with van der Waals surface area (Å²) in [5, 5.41) is 10.8. The molecule has 11 nitrogen and oxygen atoms in total. The summed E-state index contributed by atoms with van der Waals surface area (Å²) in [5.74, 6) is 1.14. The Labute approximate surface area is 199 Å². The summed E-state index contributed by atoms with van der Waals surface area (Å²) in [4.78, 5) is 14.8. The first-order valence-electron chi connectivity index (χ1n) is 10.3. The molecule has 4 atom stereocenters. The van der Waals surface area contributed by atoms with Gasteiger partial charge in [0.2, 0.25) is 0 Å². The van der Waals surface area contributed by atoms with E-state index in [0.717, 1.165) is 0 Å². The molecular formula is C20H22ClFN5O6P. The van der Waals surface area contributed by atoms with Crippen molar-refractivity contribution in [1.29, 1.82) is 0 Å². The molecule has 5 rings (SSSR count). The van der Waals surface area contributed by atoms with Crippen molar-refractivity contribution in [2.45, 2.75) is 31.0 Å². The average Bonchev–Trinajstić information content (AvgIpc) is 3.45. The zero-order chi connectivity index (χ0) is 24.3. The number of hydrogen-bond donors (Lipinski definition) is 1. The van der Waals surface area contributed by atoms with Crippen LogP contribution in [-0.2, 0) is 13.8 Å². The van der Waals surface area contributed by atoms with Crippen LogP contribution in [0.3, 0.4) is 0 Å². The molecule has 0 saturated carbocycles. The molecule has 0 amide bonds. The summed E-state index contributed by atoms with van der Waals surface area (Å²) >= 11 is 6.12. The summed E-state index contributed by atoms with van der Waals surface area (Å²) < 4.78 is 51.7. The van der Waals surface area contributed by atoms with Crippen molar-refractivity contribution in [1.82, 2.24) is 19.5 Å². The molecule has 0 aliphatic carbocycles. The lowest BCUT2D eigenvalue weighted by Gasteiger charge is -2.29. The SMILES string of the molecule is Cc1nc(N(C)C)c2ncn([C@@H]3O[C@](CCl)(COP4(=O)Oc5ccccc5O4)[C@@H](O)[C@@H]3F)c2n1. The van der Waals surface area contributed by atoms with E-state index in [1.165, 1.54) is 10.9 Å². The number of phosphoric ester groups is 1. The smallest absolute Gasteiger partial charge is 0.391 e. The fraction of sp³-hybridized carbons (Fsp3) is 0.450. The highest BCUT2D eigenvalue weighted by atomic mass is 35.5. The van der Waals surface area contributed by atoms with Gasteiger partial charge in [0.15, 0.2) is 40.9 Å². The standard InChI is InChI=1S/C20H22ClFN5O6P/c1-11-24-17(26(2)3)15-18(25-11)27(10-23-15)19-14(22)16(28)20(8-21,31-19)9-30-34(29)32-12-6-4-5-7-13(12)33-34/h4-7,10,14,16,19,28H,8-9H2,1-3H3/t14-,16-,19+,20+/m0/s1. The number of aliphatic hydroxyl groups is 1. The van der Waals surface area contributed by atoms with E-state index in [2.05, 4.69) is 15.0 Å². The van der Waals surface area contributed by atoms with E-state index in [1.54, 1.807) is 50.2 Å². The molecule has 3 aromatic rings. The van der Waals surface area contributed by atoms with Crippen molar-refractivity contribution in [2.24, 2.45) is 0 Å². The Morgan fingerprint density at radius 3 is 2.59 bits per heavy atom. The largest absolute Gasteiger partial charge is 0.587 e. The number of aliphatic hydroxyl groups excluding tert-OH is 1. The van der Waals surface area contributed by atoms with Gasteiger partial charge in [-0.25, -0.2) is 23.9 Å². The lowest BCUT2D eigenvalue weighted by molar-refractivity contribution is -0.110. The maximum atomic E-state index is 15.4. The summed E-state index contributed by atoms with van der Waals surface area (Å²) in [5.41, 5.74) is -0.975. The van der Waals surface area contributed by atoms with E-state index in [4.69, 9.17) is 29.9 Å². The number of phosphoric acid groups is 1. The Hall–Kier alpha value is -2.50. The van der Waals surface area contributed by atoms with E-state index < -0.39 is 38.5 Å². The highest BCUT2D eigenvalue weighted by molar-refractivity contribution is 7.49. The number of para-hydroxylation sites is 2. The Morgan fingerprint density at radius 1 is 1.29 bits per heavy atom. The molecule has 14 heteroatoms. The van der Waals surface area contributed by atoms with Crippen LogP contribution in [0.15, 0.2) is 30.6 Å². The van der Waals surface area contributed by atoms with Crippen LogP contribution < -0.4 is 13.9 Å². The van der Waals surface area contributed by atoms with Crippen LogP contribution in [0.1, 0.15) is 12.1 Å². The predicted octanol–water partition coefficient (Wildman–Crippen LogP) is 3.00. The molecule has 2 aliphatic heterocycles. The molecule has 1 fully saturated rings. The minimum atomic E-state index is -4.07. The van der Waals surface area contributed by atoms with Crippen LogP contribution in [0.2, 0.25) is 0 Å². The summed E-state index contributed by atoms with van der Waals surface area (Å²) in [6, 6.07) is 6.51. The molecule has 0 bridgehead atoms. The van der Waals surface area contributed by atoms with Gasteiger partial charge in [-0.1, -0.05) is 12.1 Å². The van der Waals surface area contributed by atoms with Crippen LogP contribution in [0.25, 0.3) is 11.2 Å². The van der Waals surface area contributed by atoms with Gasteiger partial charge >= 0.3 is 7.82 Å². The van der Waals surface area contributed by atoms with Gasteiger partial charge in [-0.3, -0.25) is 9.09 Å². The van der Waals surface area contributed by atoms with Crippen LogP contribution in [0.4, 0.5) is 10.2 Å². The van der Waals surface area contributed by atoms with Crippen molar-refractivity contribution in [2.75, 3.05) is 31.5 Å². The normalized spacial score (nSPS) is 27.4. The van der Waals surface area contributed by atoms with E-state index in [9.17, 15) is 9.67 Å². The van der Waals surface area contributed by atoms with Crippen LogP contribution in [-0.4, -0.2) is 69.1 Å². The van der Waals surface area contributed by atoms with Gasteiger partial charge in [-0.2, -0.15) is 0 Å². The van der Waals surface area contributed by atoms with Gasteiger partial charge in [-0.15, -0.1) is 11.6 Å². The first-order valence-corrected chi connectivity index (χ1v) is 12.3. The number of fused-ring (bicyclic) bond motifs is 2. The Bertz CT molecular complexity index is 1260. The lowest BCUT2D eigenvalue weighted by atomic mass is 9.99. The number of imidazole rings is 1. The van der Waals surface area contributed by atoms with Gasteiger partial charge in [0.05, 0.1) is 18.8 Å². The number of ether oxygens (including phenoxy) is 1. The number of aromatic nitrogens is 4. The minimum absolute atomic E-state index is 0.247. The van der Waals surface area contributed by atoms with Gasteiger partial charge in [0.1, 0.15) is 17.5 Å². The Balaban J connectivity index is 1.42. The molecule has 1 aromatic carbocycles. The molecule has 1 N–H and O–H groups in total. The van der Waals surface area contributed by atoms with E-state index in [-0.39, 0.29) is 17.4 Å². The average molecular weight is 514 g/mol.